The van der Waals surface area contributed by atoms with Crippen molar-refractivity contribution in [1.29, 1.82) is 0 Å². The molecule has 5 nitrogen and oxygen atoms in total. The van der Waals surface area contributed by atoms with Gasteiger partial charge in [0.15, 0.2) is 0 Å². The van der Waals surface area contributed by atoms with E-state index in [0.29, 0.717) is 6.54 Å². The first-order chi connectivity index (χ1) is 10.3. The molecule has 0 atom stereocenters. The molecule has 5 heteroatoms. The summed E-state index contributed by atoms with van der Waals surface area (Å²) in [5.41, 5.74) is 0. The van der Waals surface area contributed by atoms with Gasteiger partial charge in [-0.3, -0.25) is 4.79 Å². The summed E-state index contributed by atoms with van der Waals surface area (Å²) in [6.45, 7) is 4.88. The SMILES string of the molecule is O=C(NCc1ccco1)C1CCN(C2CCNCC2)CC1. The van der Waals surface area contributed by atoms with Gasteiger partial charge in [-0.15, -0.1) is 0 Å². The second-order valence-corrected chi connectivity index (χ2v) is 6.09. The van der Waals surface area contributed by atoms with Crippen molar-refractivity contribution in [2.45, 2.75) is 38.3 Å². The van der Waals surface area contributed by atoms with E-state index < -0.39 is 0 Å². The molecule has 3 rings (SSSR count). The Hall–Kier alpha value is -1.33. The quantitative estimate of drug-likeness (QED) is 0.879. The first-order valence-electron chi connectivity index (χ1n) is 8.08. The number of carbonyl (C=O) groups excluding carboxylic acids is 1. The van der Waals surface area contributed by atoms with Gasteiger partial charge in [0.05, 0.1) is 12.8 Å². The summed E-state index contributed by atoms with van der Waals surface area (Å²) >= 11 is 0. The van der Waals surface area contributed by atoms with E-state index in [1.165, 1.54) is 12.8 Å². The van der Waals surface area contributed by atoms with Crippen LogP contribution in [-0.2, 0) is 11.3 Å². The Kier molecular flexibility index (Phi) is 4.93. The molecule has 1 amide bonds. The largest absolute Gasteiger partial charge is 0.467 e. The van der Waals surface area contributed by atoms with Crippen LogP contribution in [0.3, 0.4) is 0 Å². The zero-order valence-electron chi connectivity index (χ0n) is 12.5. The first kappa shape index (κ1) is 14.6. The Labute approximate surface area is 126 Å². The van der Waals surface area contributed by atoms with E-state index in [0.717, 1.165) is 50.8 Å². The van der Waals surface area contributed by atoms with Crippen LogP contribution in [0.15, 0.2) is 22.8 Å². The van der Waals surface area contributed by atoms with E-state index in [1.54, 1.807) is 6.26 Å². The maximum Gasteiger partial charge on any atom is 0.223 e. The second-order valence-electron chi connectivity index (χ2n) is 6.09. The van der Waals surface area contributed by atoms with Crippen LogP contribution in [0.2, 0.25) is 0 Å². The van der Waals surface area contributed by atoms with Crippen LogP contribution in [0.1, 0.15) is 31.4 Å². The van der Waals surface area contributed by atoms with Crippen LogP contribution in [-0.4, -0.2) is 43.0 Å². The molecule has 2 saturated heterocycles. The van der Waals surface area contributed by atoms with E-state index in [1.807, 2.05) is 12.1 Å². The number of piperidine rings is 2. The molecule has 21 heavy (non-hydrogen) atoms. The molecule has 0 unspecified atom stereocenters. The minimum Gasteiger partial charge on any atom is -0.467 e. The van der Waals surface area contributed by atoms with Crippen LogP contribution < -0.4 is 10.6 Å². The molecule has 116 valence electrons. The first-order valence-corrected chi connectivity index (χ1v) is 8.08. The molecular formula is C16H25N3O2. The topological polar surface area (TPSA) is 57.5 Å². The van der Waals surface area contributed by atoms with Gasteiger partial charge in [-0.1, -0.05) is 0 Å². The molecule has 0 aliphatic carbocycles. The number of hydrogen-bond donors (Lipinski definition) is 2. The van der Waals surface area contributed by atoms with Crippen LogP contribution in [0.4, 0.5) is 0 Å². The fourth-order valence-corrected chi connectivity index (χ4v) is 3.43. The van der Waals surface area contributed by atoms with E-state index in [9.17, 15) is 4.79 Å². The third kappa shape index (κ3) is 3.86. The Morgan fingerprint density at radius 2 is 2.05 bits per heavy atom. The Morgan fingerprint density at radius 1 is 1.29 bits per heavy atom. The lowest BCUT2D eigenvalue weighted by molar-refractivity contribution is -0.126. The molecule has 0 radical (unpaired) electrons. The van der Waals surface area contributed by atoms with Gasteiger partial charge in [0.2, 0.25) is 5.91 Å². The standard InChI is InChI=1S/C16H25N3O2/c20-16(18-12-15-2-1-11-21-15)13-5-9-19(10-6-13)14-3-7-17-8-4-14/h1-2,11,13-14,17H,3-10,12H2,(H,18,20). The van der Waals surface area contributed by atoms with Gasteiger partial charge in [0, 0.05) is 12.0 Å². The van der Waals surface area contributed by atoms with Gasteiger partial charge in [0.25, 0.3) is 0 Å². The lowest BCUT2D eigenvalue weighted by atomic mass is 9.93. The average molecular weight is 291 g/mol. The highest BCUT2D eigenvalue weighted by atomic mass is 16.3. The summed E-state index contributed by atoms with van der Waals surface area (Å²) < 4.78 is 5.24. The van der Waals surface area contributed by atoms with Crippen molar-refractivity contribution >= 4 is 5.91 Å². The molecule has 1 aromatic heterocycles. The molecule has 0 aromatic carbocycles. The zero-order chi connectivity index (χ0) is 14.5. The number of nitrogens with one attached hydrogen (secondary N) is 2. The Morgan fingerprint density at radius 3 is 2.71 bits per heavy atom. The normalized spacial score (nSPS) is 22.3. The van der Waals surface area contributed by atoms with E-state index >= 15 is 0 Å². The van der Waals surface area contributed by atoms with Crippen LogP contribution in [0, 0.1) is 5.92 Å². The number of furan rings is 1. The summed E-state index contributed by atoms with van der Waals surface area (Å²) in [5, 5.41) is 6.40. The second kappa shape index (κ2) is 7.09. The summed E-state index contributed by atoms with van der Waals surface area (Å²) in [5.74, 6) is 1.16. The third-order valence-corrected chi connectivity index (χ3v) is 4.74. The number of amides is 1. The van der Waals surface area contributed by atoms with Crippen molar-refractivity contribution < 1.29 is 9.21 Å². The molecule has 3 heterocycles. The maximum atomic E-state index is 12.2. The van der Waals surface area contributed by atoms with Gasteiger partial charge in [0.1, 0.15) is 5.76 Å². The van der Waals surface area contributed by atoms with Crippen molar-refractivity contribution in [1.82, 2.24) is 15.5 Å². The number of carbonyl (C=O) groups is 1. The minimum atomic E-state index is 0.165. The number of hydrogen-bond acceptors (Lipinski definition) is 4. The predicted molar refractivity (Wildman–Crippen MR) is 80.7 cm³/mol. The van der Waals surface area contributed by atoms with Crippen molar-refractivity contribution in [3.8, 4) is 0 Å². The van der Waals surface area contributed by atoms with Crippen molar-refractivity contribution in [2.75, 3.05) is 26.2 Å². The van der Waals surface area contributed by atoms with Crippen LogP contribution in [0.25, 0.3) is 0 Å². The fourth-order valence-electron chi connectivity index (χ4n) is 3.43. The van der Waals surface area contributed by atoms with Gasteiger partial charge in [-0.05, 0) is 64.0 Å². The molecule has 1 aromatic rings. The molecule has 2 fully saturated rings. The summed E-state index contributed by atoms with van der Waals surface area (Å²) in [4.78, 5) is 14.8. The summed E-state index contributed by atoms with van der Waals surface area (Å²) in [7, 11) is 0. The third-order valence-electron chi connectivity index (χ3n) is 4.74. The van der Waals surface area contributed by atoms with Crippen molar-refractivity contribution in [2.24, 2.45) is 5.92 Å². The maximum absolute atomic E-state index is 12.2. The van der Waals surface area contributed by atoms with E-state index in [-0.39, 0.29) is 11.8 Å². The van der Waals surface area contributed by atoms with Gasteiger partial charge in [-0.25, -0.2) is 0 Å². The highest BCUT2D eigenvalue weighted by Gasteiger charge is 2.29. The molecule has 0 spiro atoms. The number of nitrogens with zero attached hydrogens (tertiary/aromatic N) is 1. The lowest BCUT2D eigenvalue weighted by Crippen LogP contribution is -2.48. The van der Waals surface area contributed by atoms with E-state index in [4.69, 9.17) is 4.42 Å². The summed E-state index contributed by atoms with van der Waals surface area (Å²) in [6, 6.07) is 4.46. The monoisotopic (exact) mass is 291 g/mol. The van der Waals surface area contributed by atoms with Crippen molar-refractivity contribution in [3.63, 3.8) is 0 Å². The van der Waals surface area contributed by atoms with E-state index in [2.05, 4.69) is 15.5 Å². The molecule has 0 bridgehead atoms. The lowest BCUT2D eigenvalue weighted by Gasteiger charge is -2.39. The van der Waals surface area contributed by atoms with Crippen molar-refractivity contribution in [3.05, 3.63) is 24.2 Å². The predicted octanol–water partition coefficient (Wildman–Crippen LogP) is 1.36. The molecular weight excluding hydrogens is 266 g/mol. The fraction of sp³-hybridized carbons (Fsp3) is 0.688. The molecule has 2 aliphatic rings. The van der Waals surface area contributed by atoms with Crippen LogP contribution in [0.5, 0.6) is 0 Å². The van der Waals surface area contributed by atoms with Crippen LogP contribution >= 0.6 is 0 Å². The molecule has 0 saturated carbocycles. The Balaban J connectivity index is 1.41. The van der Waals surface area contributed by atoms with Gasteiger partial charge in [-0.2, -0.15) is 0 Å². The smallest absolute Gasteiger partial charge is 0.223 e. The number of likely N-dealkylation sites (tertiary alicyclic amines) is 1. The Bertz CT molecular complexity index is 432. The van der Waals surface area contributed by atoms with Gasteiger partial charge >= 0.3 is 0 Å². The molecule has 2 N–H and O–H groups in total. The average Bonchev–Trinajstić information content (AvgIpc) is 3.07. The minimum absolute atomic E-state index is 0.165. The highest BCUT2D eigenvalue weighted by Crippen LogP contribution is 2.22. The summed E-state index contributed by atoms with van der Waals surface area (Å²) in [6.07, 6.45) is 6.09. The van der Waals surface area contributed by atoms with Gasteiger partial charge < -0.3 is 20.0 Å². The number of rotatable bonds is 4. The zero-order valence-corrected chi connectivity index (χ0v) is 12.5. The highest BCUT2D eigenvalue weighted by molar-refractivity contribution is 5.78. The molecule has 2 aliphatic heterocycles.